The molecule has 1 N–H and O–H groups in total. The lowest BCUT2D eigenvalue weighted by Gasteiger charge is -2.13. The van der Waals surface area contributed by atoms with Gasteiger partial charge >= 0.3 is 6.18 Å². The van der Waals surface area contributed by atoms with Gasteiger partial charge < -0.3 is 15.1 Å². The molecular weight excluding hydrogens is 361 g/mol. The normalized spacial score (nSPS) is 17.4. The highest BCUT2D eigenvalue weighted by Gasteiger charge is 2.32. The quantitative estimate of drug-likeness (QED) is 0.773. The van der Waals surface area contributed by atoms with Crippen molar-refractivity contribution in [2.24, 2.45) is 5.16 Å². The molecule has 10 heteroatoms. The van der Waals surface area contributed by atoms with Crippen molar-refractivity contribution < 1.29 is 22.8 Å². The zero-order valence-corrected chi connectivity index (χ0v) is 14.2. The first-order valence-corrected chi connectivity index (χ1v) is 7.63. The summed E-state index contributed by atoms with van der Waals surface area (Å²) < 4.78 is 37.7. The summed E-state index contributed by atoms with van der Waals surface area (Å²) in [6.45, 7) is 0.190. The molecule has 0 bridgehead atoms. The highest BCUT2D eigenvalue weighted by atomic mass is 35.5. The van der Waals surface area contributed by atoms with Crippen LogP contribution in [0.4, 0.5) is 19.0 Å². The van der Waals surface area contributed by atoms with E-state index < -0.39 is 17.8 Å². The van der Waals surface area contributed by atoms with Crippen LogP contribution in [0.25, 0.3) is 0 Å². The van der Waals surface area contributed by atoms with E-state index in [0.29, 0.717) is 6.20 Å². The van der Waals surface area contributed by atoms with E-state index in [-0.39, 0.29) is 35.3 Å². The highest BCUT2D eigenvalue weighted by molar-refractivity contribution is 6.44. The number of carbonyl (C=O) groups excluding carboxylic acids is 1. The molecule has 0 spiro atoms. The number of nitrogens with zero attached hydrogens (tertiary/aromatic N) is 3. The average Bonchev–Trinajstić information content (AvgIpc) is 2.99. The number of oxime groups is 1. The molecule has 1 aromatic rings. The van der Waals surface area contributed by atoms with E-state index in [2.05, 4.69) is 15.5 Å². The first kappa shape index (κ1) is 19.0. The fourth-order valence-corrected chi connectivity index (χ4v) is 2.16. The Morgan fingerprint density at radius 2 is 2.24 bits per heavy atom. The van der Waals surface area contributed by atoms with Gasteiger partial charge in [0, 0.05) is 39.0 Å². The van der Waals surface area contributed by atoms with Gasteiger partial charge in [0.05, 0.1) is 17.1 Å². The smallest absolute Gasteiger partial charge is 0.390 e. The molecular formula is C15H16ClF3N4O2. The molecule has 6 nitrogen and oxygen atoms in total. The largest absolute Gasteiger partial charge is 0.417 e. The number of nitrogens with one attached hydrogen (secondary N) is 1. The van der Waals surface area contributed by atoms with Crippen LogP contribution in [0.1, 0.15) is 12.0 Å². The zero-order chi connectivity index (χ0) is 18.6. The van der Waals surface area contributed by atoms with Crippen molar-refractivity contribution in [3.05, 3.63) is 35.1 Å². The van der Waals surface area contributed by atoms with E-state index >= 15 is 0 Å². The van der Waals surface area contributed by atoms with Crippen LogP contribution in [0, 0.1) is 0 Å². The van der Waals surface area contributed by atoms with E-state index in [1.807, 2.05) is 0 Å². The summed E-state index contributed by atoms with van der Waals surface area (Å²) in [5.41, 5.74) is -0.652. The second-order valence-corrected chi connectivity index (χ2v) is 5.95. The van der Waals surface area contributed by atoms with Gasteiger partial charge in [0.2, 0.25) is 5.78 Å². The predicted octanol–water partition coefficient (Wildman–Crippen LogP) is 2.96. The number of anilines is 1. The average molecular weight is 377 g/mol. The van der Waals surface area contributed by atoms with Crippen molar-refractivity contribution in [2.45, 2.75) is 18.7 Å². The van der Waals surface area contributed by atoms with Crippen LogP contribution in [0.2, 0.25) is 5.02 Å². The molecule has 1 aromatic heterocycles. The summed E-state index contributed by atoms with van der Waals surface area (Å²) in [5.74, 6) is -0.160. The van der Waals surface area contributed by atoms with Crippen LogP contribution >= 0.6 is 11.6 Å². The maximum absolute atomic E-state index is 12.6. The van der Waals surface area contributed by atoms with E-state index in [9.17, 15) is 18.0 Å². The Labute approximate surface area is 147 Å². The number of halogens is 4. The van der Waals surface area contributed by atoms with Crippen molar-refractivity contribution >= 4 is 28.9 Å². The van der Waals surface area contributed by atoms with Gasteiger partial charge in [-0.2, -0.15) is 13.2 Å². The fraction of sp³-hybridized carbons (Fsp3) is 0.400. The highest BCUT2D eigenvalue weighted by Crippen LogP contribution is 2.32. The van der Waals surface area contributed by atoms with Crippen LogP contribution in [0.15, 0.2) is 29.7 Å². The molecule has 1 aliphatic rings. The molecule has 1 atom stereocenters. The van der Waals surface area contributed by atoms with Gasteiger partial charge in [-0.05, 0) is 6.07 Å². The van der Waals surface area contributed by atoms with Crippen LogP contribution in [-0.4, -0.2) is 48.1 Å². The second kappa shape index (κ2) is 7.73. The van der Waals surface area contributed by atoms with E-state index in [1.165, 1.54) is 6.08 Å². The minimum absolute atomic E-state index is 0.102. The first-order chi connectivity index (χ1) is 11.7. The number of hydrogen-bond donors (Lipinski definition) is 1. The number of ketones is 1. The summed E-state index contributed by atoms with van der Waals surface area (Å²) in [6, 6.07) is 0.796. The number of rotatable bonds is 6. The molecule has 0 amide bonds. The topological polar surface area (TPSA) is 66.8 Å². The molecule has 0 saturated heterocycles. The number of hydrogen-bond acceptors (Lipinski definition) is 6. The molecule has 2 rings (SSSR count). The maximum atomic E-state index is 12.6. The minimum atomic E-state index is -4.51. The van der Waals surface area contributed by atoms with Crippen LogP contribution in [0.3, 0.4) is 0 Å². The van der Waals surface area contributed by atoms with E-state index in [0.717, 1.165) is 6.07 Å². The van der Waals surface area contributed by atoms with E-state index in [4.69, 9.17) is 16.4 Å². The lowest BCUT2D eigenvalue weighted by Crippen LogP contribution is -2.22. The van der Waals surface area contributed by atoms with Gasteiger partial charge in [0.25, 0.3) is 0 Å². The van der Waals surface area contributed by atoms with Crippen molar-refractivity contribution in [1.82, 2.24) is 9.88 Å². The first-order valence-electron chi connectivity index (χ1n) is 7.25. The third-order valence-corrected chi connectivity index (χ3v) is 3.50. The lowest BCUT2D eigenvalue weighted by atomic mass is 10.1. The Kier molecular flexibility index (Phi) is 5.89. The van der Waals surface area contributed by atoms with Gasteiger partial charge in [-0.25, -0.2) is 4.98 Å². The van der Waals surface area contributed by atoms with Gasteiger partial charge in [0.15, 0.2) is 6.10 Å². The van der Waals surface area contributed by atoms with Gasteiger partial charge in [-0.3, -0.25) is 4.79 Å². The van der Waals surface area contributed by atoms with Gasteiger partial charge in [-0.1, -0.05) is 16.8 Å². The molecule has 25 heavy (non-hydrogen) atoms. The van der Waals surface area contributed by atoms with Crippen molar-refractivity contribution in [3.8, 4) is 0 Å². The summed E-state index contributed by atoms with van der Waals surface area (Å²) in [4.78, 5) is 22.4. The predicted molar refractivity (Wildman–Crippen MR) is 87.5 cm³/mol. The Morgan fingerprint density at radius 3 is 2.84 bits per heavy atom. The number of allylic oxidation sites excluding steroid dienone is 1. The standard InChI is InChI=1S/C15H16ClF3N4O2/c1-23(2)4-3-13(24)12-6-10(25-22-12)8-21-14-11(16)5-9(7-20-14)15(17,18)19/h3-5,7,10H,6,8H2,1-2H3,(H,20,21)/b4-3+/t10-/m0/s1. The third-order valence-electron chi connectivity index (χ3n) is 3.21. The number of alkyl halides is 3. The van der Waals surface area contributed by atoms with Crippen molar-refractivity contribution in [1.29, 1.82) is 0 Å². The SMILES string of the molecule is CN(C)/C=C/C(=O)C1=NO[C@H](CNc2ncc(C(F)(F)F)cc2Cl)C1. The molecule has 2 heterocycles. The summed E-state index contributed by atoms with van der Waals surface area (Å²) in [5, 5.41) is 6.37. The number of pyridine rings is 1. The second-order valence-electron chi connectivity index (χ2n) is 5.55. The minimum Gasteiger partial charge on any atom is -0.390 e. The monoisotopic (exact) mass is 376 g/mol. The summed E-state index contributed by atoms with van der Waals surface area (Å²) in [7, 11) is 3.56. The van der Waals surface area contributed by atoms with E-state index in [1.54, 1.807) is 25.2 Å². The zero-order valence-electron chi connectivity index (χ0n) is 13.5. The lowest BCUT2D eigenvalue weighted by molar-refractivity contribution is -0.137. The summed E-state index contributed by atoms with van der Waals surface area (Å²) in [6.07, 6.45) is -0.989. The van der Waals surface area contributed by atoms with Crippen molar-refractivity contribution in [3.63, 3.8) is 0 Å². The summed E-state index contributed by atoms with van der Waals surface area (Å²) >= 11 is 5.81. The molecule has 0 saturated carbocycles. The van der Waals surface area contributed by atoms with Crippen molar-refractivity contribution in [2.75, 3.05) is 26.0 Å². The van der Waals surface area contributed by atoms with Crippen LogP contribution in [-0.2, 0) is 15.8 Å². The Balaban J connectivity index is 1.89. The molecule has 0 fully saturated rings. The molecule has 136 valence electrons. The maximum Gasteiger partial charge on any atom is 0.417 e. The van der Waals surface area contributed by atoms with Gasteiger partial charge in [-0.15, -0.1) is 0 Å². The molecule has 1 aliphatic heterocycles. The molecule has 0 unspecified atom stereocenters. The molecule has 0 aromatic carbocycles. The van der Waals surface area contributed by atoms with Crippen LogP contribution < -0.4 is 5.32 Å². The molecule has 0 aliphatic carbocycles. The van der Waals surface area contributed by atoms with Crippen LogP contribution in [0.5, 0.6) is 0 Å². The Morgan fingerprint density at radius 1 is 1.52 bits per heavy atom. The fourth-order valence-electron chi connectivity index (χ4n) is 1.93. The molecule has 0 radical (unpaired) electrons. The van der Waals surface area contributed by atoms with Gasteiger partial charge in [0.1, 0.15) is 11.5 Å². The number of carbonyl (C=O) groups is 1. The third kappa shape index (κ3) is 5.35. The Bertz CT molecular complexity index is 705. The number of aromatic nitrogens is 1. The Hall–Kier alpha value is -2.29.